The van der Waals surface area contributed by atoms with Gasteiger partial charge < -0.3 is 10.1 Å². The van der Waals surface area contributed by atoms with Crippen molar-refractivity contribution in [1.29, 1.82) is 0 Å². The van der Waals surface area contributed by atoms with Crippen LogP contribution in [0.25, 0.3) is 0 Å². The van der Waals surface area contributed by atoms with Gasteiger partial charge >= 0.3 is 5.97 Å². The summed E-state index contributed by atoms with van der Waals surface area (Å²) >= 11 is 1.31. The van der Waals surface area contributed by atoms with E-state index in [0.29, 0.717) is 10.6 Å². The van der Waals surface area contributed by atoms with Crippen molar-refractivity contribution in [1.82, 2.24) is 10.3 Å². The van der Waals surface area contributed by atoms with Gasteiger partial charge in [-0.15, -0.1) is 11.3 Å². The number of amides is 1. The number of rotatable bonds is 4. The van der Waals surface area contributed by atoms with E-state index in [-0.39, 0.29) is 11.4 Å². The zero-order valence-electron chi connectivity index (χ0n) is 15.1. The minimum atomic E-state index is -0.776. The summed E-state index contributed by atoms with van der Waals surface area (Å²) in [5.74, 6) is 1.71. The van der Waals surface area contributed by atoms with Gasteiger partial charge in [-0.3, -0.25) is 4.79 Å². The number of aromatic nitrogens is 1. The SMILES string of the molecule is Cc1nc(C)c(C(=O)O[C@@H](C)C(=O)NC23CC4CC(CC(C4)C2)C3)s1. The normalized spacial score (nSPS) is 34.0. The Balaban J connectivity index is 1.39. The van der Waals surface area contributed by atoms with Crippen molar-refractivity contribution in [3.63, 3.8) is 0 Å². The molecule has 5 rings (SSSR count). The Morgan fingerprint density at radius 3 is 2.20 bits per heavy atom. The highest BCUT2D eigenvalue weighted by Gasteiger charge is 2.51. The highest BCUT2D eigenvalue weighted by Crippen LogP contribution is 2.55. The molecular weight excluding hydrogens is 336 g/mol. The molecular formula is C19H26N2O3S. The van der Waals surface area contributed by atoms with Gasteiger partial charge in [0.2, 0.25) is 0 Å². The maximum Gasteiger partial charge on any atom is 0.351 e. The van der Waals surface area contributed by atoms with Crippen LogP contribution in [0.1, 0.15) is 65.8 Å². The van der Waals surface area contributed by atoms with Crippen LogP contribution >= 0.6 is 11.3 Å². The van der Waals surface area contributed by atoms with Crippen molar-refractivity contribution in [2.24, 2.45) is 17.8 Å². The van der Waals surface area contributed by atoms with Gasteiger partial charge in [-0.25, -0.2) is 9.78 Å². The molecule has 4 aliphatic rings. The number of nitrogens with zero attached hydrogens (tertiary/aromatic N) is 1. The summed E-state index contributed by atoms with van der Waals surface area (Å²) in [4.78, 5) is 29.8. The fraction of sp³-hybridized carbons (Fsp3) is 0.737. The van der Waals surface area contributed by atoms with E-state index in [1.165, 1.54) is 30.6 Å². The Labute approximate surface area is 152 Å². The molecule has 1 atom stereocenters. The van der Waals surface area contributed by atoms with Crippen LogP contribution in [0.4, 0.5) is 0 Å². The van der Waals surface area contributed by atoms with Gasteiger partial charge in [0.15, 0.2) is 6.10 Å². The van der Waals surface area contributed by atoms with Gasteiger partial charge in [-0.2, -0.15) is 0 Å². The molecule has 0 spiro atoms. The molecule has 6 heteroatoms. The lowest BCUT2D eigenvalue weighted by Crippen LogP contribution is -2.61. The highest BCUT2D eigenvalue weighted by molar-refractivity contribution is 7.13. The maximum absolute atomic E-state index is 12.7. The fourth-order valence-electron chi connectivity index (χ4n) is 5.62. The molecule has 0 saturated heterocycles. The molecule has 0 unspecified atom stereocenters. The van der Waals surface area contributed by atoms with Crippen molar-refractivity contribution in [2.75, 3.05) is 0 Å². The highest BCUT2D eigenvalue weighted by atomic mass is 32.1. The van der Waals surface area contributed by atoms with Crippen molar-refractivity contribution in [2.45, 2.75) is 70.9 Å². The van der Waals surface area contributed by atoms with Gasteiger partial charge in [0.25, 0.3) is 5.91 Å². The molecule has 1 N–H and O–H groups in total. The zero-order chi connectivity index (χ0) is 17.8. The number of carbonyl (C=O) groups is 2. The largest absolute Gasteiger partial charge is 0.448 e. The molecule has 1 aromatic rings. The lowest BCUT2D eigenvalue weighted by molar-refractivity contribution is -0.134. The molecule has 1 aromatic heterocycles. The third-order valence-corrected chi connectivity index (χ3v) is 7.22. The summed E-state index contributed by atoms with van der Waals surface area (Å²) in [6.07, 6.45) is 6.52. The molecule has 0 aliphatic heterocycles. The first kappa shape index (κ1) is 17.0. The molecule has 25 heavy (non-hydrogen) atoms. The minimum Gasteiger partial charge on any atom is -0.448 e. The van der Waals surface area contributed by atoms with Gasteiger partial charge in [0, 0.05) is 5.54 Å². The molecule has 0 aromatic carbocycles. The third kappa shape index (κ3) is 3.21. The van der Waals surface area contributed by atoms with Crippen molar-refractivity contribution in [3.8, 4) is 0 Å². The zero-order valence-corrected chi connectivity index (χ0v) is 15.9. The van der Waals surface area contributed by atoms with E-state index in [4.69, 9.17) is 4.74 Å². The van der Waals surface area contributed by atoms with E-state index in [2.05, 4.69) is 10.3 Å². The predicted molar refractivity (Wildman–Crippen MR) is 95.5 cm³/mol. The summed E-state index contributed by atoms with van der Waals surface area (Å²) in [7, 11) is 0. The van der Waals surface area contributed by atoms with Crippen molar-refractivity contribution < 1.29 is 14.3 Å². The number of hydrogen-bond acceptors (Lipinski definition) is 5. The molecule has 1 heterocycles. The van der Waals surface area contributed by atoms with Gasteiger partial charge in [0.05, 0.1) is 10.7 Å². The number of aryl methyl sites for hydroxylation is 2. The topological polar surface area (TPSA) is 68.3 Å². The second-order valence-electron chi connectivity index (χ2n) is 8.38. The van der Waals surface area contributed by atoms with Crippen LogP contribution in [-0.2, 0) is 9.53 Å². The van der Waals surface area contributed by atoms with Crippen LogP contribution in [-0.4, -0.2) is 28.5 Å². The van der Waals surface area contributed by atoms with E-state index >= 15 is 0 Å². The summed E-state index contributed by atoms with van der Waals surface area (Å²) in [5.41, 5.74) is 0.616. The Morgan fingerprint density at radius 2 is 1.72 bits per heavy atom. The molecule has 4 bridgehead atoms. The smallest absolute Gasteiger partial charge is 0.351 e. The van der Waals surface area contributed by atoms with E-state index in [0.717, 1.165) is 42.0 Å². The van der Waals surface area contributed by atoms with E-state index in [9.17, 15) is 9.59 Å². The second-order valence-corrected chi connectivity index (χ2v) is 9.59. The number of hydrogen-bond donors (Lipinski definition) is 1. The Hall–Kier alpha value is -1.43. The van der Waals surface area contributed by atoms with Gasteiger partial charge in [-0.05, 0) is 77.0 Å². The van der Waals surface area contributed by atoms with Crippen LogP contribution in [0.3, 0.4) is 0 Å². The number of thiazole rings is 1. The Bertz CT molecular complexity index is 676. The van der Waals surface area contributed by atoms with Crippen LogP contribution in [0.15, 0.2) is 0 Å². The maximum atomic E-state index is 12.7. The summed E-state index contributed by atoms with van der Waals surface area (Å²) in [5, 5.41) is 4.10. The number of carbonyl (C=O) groups excluding carboxylic acids is 2. The monoisotopic (exact) mass is 362 g/mol. The molecule has 4 saturated carbocycles. The molecule has 0 radical (unpaired) electrons. The predicted octanol–water partition coefficient (Wildman–Crippen LogP) is 3.39. The van der Waals surface area contributed by atoms with Crippen molar-refractivity contribution >= 4 is 23.2 Å². The van der Waals surface area contributed by atoms with Crippen LogP contribution in [0.2, 0.25) is 0 Å². The standard InChI is InChI=1S/C19H26N2O3S/c1-10-16(25-12(3)20-10)18(23)24-11(2)17(22)21-19-7-13-4-14(8-19)6-15(5-13)9-19/h11,13-15H,4-9H2,1-3H3,(H,21,22)/t11-,13?,14?,15?,19?/m0/s1. The van der Waals surface area contributed by atoms with Crippen LogP contribution in [0, 0.1) is 31.6 Å². The van der Waals surface area contributed by atoms with Crippen LogP contribution in [0.5, 0.6) is 0 Å². The average Bonchev–Trinajstić information content (AvgIpc) is 2.84. The first-order chi connectivity index (χ1) is 11.8. The van der Waals surface area contributed by atoms with Crippen LogP contribution < -0.4 is 5.32 Å². The molecule has 1 amide bonds. The quantitative estimate of drug-likeness (QED) is 0.834. The summed E-state index contributed by atoms with van der Waals surface area (Å²) in [6.45, 7) is 5.31. The fourth-order valence-corrected chi connectivity index (χ4v) is 6.42. The van der Waals surface area contributed by atoms with Gasteiger partial charge in [-0.1, -0.05) is 0 Å². The molecule has 4 fully saturated rings. The van der Waals surface area contributed by atoms with E-state index in [1.807, 2.05) is 6.92 Å². The average molecular weight is 362 g/mol. The Morgan fingerprint density at radius 1 is 1.16 bits per heavy atom. The third-order valence-electron chi connectivity index (χ3n) is 6.17. The van der Waals surface area contributed by atoms with Gasteiger partial charge in [0.1, 0.15) is 4.88 Å². The number of ether oxygens (including phenoxy) is 1. The number of nitrogens with one attached hydrogen (secondary N) is 1. The summed E-state index contributed by atoms with van der Waals surface area (Å²) in [6, 6.07) is 0. The van der Waals surface area contributed by atoms with Crippen molar-refractivity contribution in [3.05, 3.63) is 15.6 Å². The molecule has 136 valence electrons. The molecule has 4 aliphatic carbocycles. The second kappa shape index (κ2) is 6.08. The minimum absolute atomic E-state index is 0.0521. The summed E-state index contributed by atoms with van der Waals surface area (Å²) < 4.78 is 5.43. The first-order valence-corrected chi connectivity index (χ1v) is 10.1. The lowest BCUT2D eigenvalue weighted by atomic mass is 9.53. The Kier molecular flexibility index (Phi) is 4.13. The lowest BCUT2D eigenvalue weighted by Gasteiger charge is -2.57. The van der Waals surface area contributed by atoms with E-state index in [1.54, 1.807) is 13.8 Å². The number of esters is 1. The molecule has 5 nitrogen and oxygen atoms in total. The first-order valence-electron chi connectivity index (χ1n) is 9.30. The van der Waals surface area contributed by atoms with E-state index < -0.39 is 12.1 Å².